The lowest BCUT2D eigenvalue weighted by Crippen LogP contribution is -2.51. The van der Waals surface area contributed by atoms with Crippen molar-refractivity contribution in [2.75, 3.05) is 72.1 Å². The van der Waals surface area contributed by atoms with Gasteiger partial charge in [-0.05, 0) is 103 Å². The summed E-state index contributed by atoms with van der Waals surface area (Å²) in [7, 11) is 0. The molecule has 0 aromatic rings. The number of aliphatic hydroxyl groups excluding tert-OH is 2. The number of nitrogens with two attached hydrogens (primary N) is 1. The van der Waals surface area contributed by atoms with Gasteiger partial charge in [-0.2, -0.15) is 0 Å². The second-order valence-corrected chi connectivity index (χ2v) is 29.3. The van der Waals surface area contributed by atoms with Gasteiger partial charge in [-0.15, -0.1) is 0 Å². The highest BCUT2D eigenvalue weighted by Crippen LogP contribution is 2.18. The Morgan fingerprint density at radius 1 is 0.276 bits per heavy atom. The number of primary amides is 1. The summed E-state index contributed by atoms with van der Waals surface area (Å²) in [5.74, 6) is -1.81. The molecule has 0 heterocycles. The molecule has 0 aliphatic carbocycles. The molecule has 0 aromatic heterocycles. The smallest absolute Gasteiger partial charge is 0.242 e. The summed E-state index contributed by atoms with van der Waals surface area (Å²) < 4.78 is 0. The number of nitrogens with zero attached hydrogens (tertiary/aromatic N) is 4. The van der Waals surface area contributed by atoms with E-state index >= 15 is 0 Å². The number of carbonyl (C=O) groups excluding carboxylic acids is 5. The molecule has 0 atom stereocenters. The molecule has 0 aromatic carbocycles. The molecule has 0 radical (unpaired) electrons. The maximum absolute atomic E-state index is 14.9. The summed E-state index contributed by atoms with van der Waals surface area (Å²) in [5.41, 5.74) is 5.80. The van der Waals surface area contributed by atoms with Gasteiger partial charge in [0.15, 0.2) is 0 Å². The first-order chi connectivity index (χ1) is 48.1. The van der Waals surface area contributed by atoms with Crippen molar-refractivity contribution in [3.05, 3.63) is 36.5 Å². The van der Waals surface area contributed by atoms with Crippen molar-refractivity contribution < 1.29 is 34.2 Å². The number of rotatable bonds is 78. The number of amides is 5. The van der Waals surface area contributed by atoms with E-state index in [4.69, 9.17) is 5.73 Å². The number of unbranched alkanes of at least 4 members (excludes halogenated alkanes) is 51. The summed E-state index contributed by atoms with van der Waals surface area (Å²) in [6.07, 6.45) is 82.6. The first-order valence-electron chi connectivity index (χ1n) is 42.4. The van der Waals surface area contributed by atoms with Gasteiger partial charge in [0.05, 0.1) is 52.0 Å². The molecule has 98 heavy (non-hydrogen) atoms. The molecule has 0 aliphatic heterocycles. The second kappa shape index (κ2) is 76.1. The van der Waals surface area contributed by atoms with E-state index in [0.717, 1.165) is 141 Å². The van der Waals surface area contributed by atoms with E-state index in [1.54, 1.807) is 14.7 Å². The van der Waals surface area contributed by atoms with Gasteiger partial charge in [0.2, 0.25) is 29.5 Å². The van der Waals surface area contributed by atoms with Gasteiger partial charge < -0.3 is 40.9 Å². The van der Waals surface area contributed by atoms with Crippen molar-refractivity contribution in [1.29, 1.82) is 0 Å². The van der Waals surface area contributed by atoms with Crippen LogP contribution in [0.25, 0.3) is 0 Å². The lowest BCUT2D eigenvalue weighted by atomic mass is 10.0. The molecule has 0 saturated heterocycles. The molecule has 5 N–H and O–H groups in total. The summed E-state index contributed by atoms with van der Waals surface area (Å²) >= 11 is 0. The van der Waals surface area contributed by atoms with Crippen LogP contribution in [0, 0.1) is 0 Å². The first-order valence-corrected chi connectivity index (χ1v) is 42.4. The summed E-state index contributed by atoms with van der Waals surface area (Å²) in [6, 6.07) is -0.669. The maximum atomic E-state index is 14.9. The minimum atomic E-state index is -0.669. The minimum absolute atomic E-state index is 0.144. The first kappa shape index (κ1) is 94.5. The van der Waals surface area contributed by atoms with Crippen molar-refractivity contribution in [3.63, 3.8) is 0 Å². The zero-order valence-corrected chi connectivity index (χ0v) is 65.1. The Balaban J connectivity index is 6.27. The Bertz CT molecular complexity index is 1860. The quantitative estimate of drug-likeness (QED) is 0.0343. The van der Waals surface area contributed by atoms with Crippen molar-refractivity contribution in [1.82, 2.24) is 24.9 Å². The molecule has 5 amide bonds. The number of aliphatic hydroxyl groups is 2. The van der Waals surface area contributed by atoms with E-state index in [1.165, 1.54) is 230 Å². The fourth-order valence-corrected chi connectivity index (χ4v) is 13.2. The van der Waals surface area contributed by atoms with Gasteiger partial charge in [-0.1, -0.05) is 334 Å². The Hall–Kier alpha value is -3.55. The molecule has 0 fully saturated rings. The van der Waals surface area contributed by atoms with Crippen LogP contribution in [0.3, 0.4) is 0 Å². The normalized spacial score (nSPS) is 11.8. The van der Waals surface area contributed by atoms with Gasteiger partial charge in [0.1, 0.15) is 0 Å². The second-order valence-electron chi connectivity index (χ2n) is 29.3. The number of hydrogen-bond donors (Lipinski definition) is 4. The Morgan fingerprint density at radius 3 is 0.663 bits per heavy atom. The van der Waals surface area contributed by atoms with E-state index in [0.29, 0.717) is 32.6 Å². The van der Waals surface area contributed by atoms with Crippen molar-refractivity contribution in [3.8, 4) is 0 Å². The highest BCUT2D eigenvalue weighted by molar-refractivity contribution is 5.91. The molecule has 0 bridgehead atoms. The van der Waals surface area contributed by atoms with E-state index < -0.39 is 11.9 Å². The minimum Gasteiger partial charge on any atom is -0.395 e. The van der Waals surface area contributed by atoms with E-state index in [-0.39, 0.29) is 69.6 Å². The van der Waals surface area contributed by atoms with Gasteiger partial charge in [0.25, 0.3) is 0 Å². The van der Waals surface area contributed by atoms with Crippen molar-refractivity contribution in [2.24, 2.45) is 5.73 Å². The molecule has 0 aliphatic rings. The maximum Gasteiger partial charge on any atom is 0.242 e. The molecule has 0 rings (SSSR count). The molecule has 0 unspecified atom stereocenters. The summed E-state index contributed by atoms with van der Waals surface area (Å²) in [6.45, 7) is 8.90. The van der Waals surface area contributed by atoms with Crippen LogP contribution < -0.4 is 11.1 Å². The molecular weight excluding hydrogens is 1220 g/mol. The lowest BCUT2D eigenvalue weighted by Gasteiger charge is -2.31. The topological polar surface area (TPSA) is 177 Å². The van der Waals surface area contributed by atoms with Crippen molar-refractivity contribution in [2.45, 2.75) is 406 Å². The summed E-state index contributed by atoms with van der Waals surface area (Å²) in [4.78, 5) is 77.2. The zero-order chi connectivity index (χ0) is 71.5. The predicted octanol–water partition coefficient (Wildman–Crippen LogP) is 21.1. The predicted molar refractivity (Wildman–Crippen MR) is 419 cm³/mol. The number of hydrogen-bond acceptors (Lipinski definition) is 8. The van der Waals surface area contributed by atoms with Gasteiger partial charge in [0, 0.05) is 26.2 Å². The third-order valence-corrected chi connectivity index (χ3v) is 19.8. The molecule has 0 saturated carbocycles. The van der Waals surface area contributed by atoms with Gasteiger partial charge in [-0.3, -0.25) is 24.0 Å². The van der Waals surface area contributed by atoms with Crippen molar-refractivity contribution >= 4 is 29.5 Å². The van der Waals surface area contributed by atoms with Gasteiger partial charge in [-0.25, -0.2) is 0 Å². The number of nitrogens with one attached hydrogen (secondary N) is 1. The van der Waals surface area contributed by atoms with E-state index in [1.807, 2.05) is 0 Å². The van der Waals surface area contributed by atoms with Crippen LogP contribution in [-0.2, 0) is 24.0 Å². The average Bonchev–Trinajstić information content (AvgIpc) is 0.922. The molecule has 13 nitrogen and oxygen atoms in total. The van der Waals surface area contributed by atoms with Crippen LogP contribution in [0.1, 0.15) is 400 Å². The van der Waals surface area contributed by atoms with E-state index in [2.05, 4.69) is 69.5 Å². The fourth-order valence-electron chi connectivity index (χ4n) is 13.2. The van der Waals surface area contributed by atoms with Gasteiger partial charge >= 0.3 is 0 Å². The molecule has 574 valence electrons. The van der Waals surface area contributed by atoms with Crippen LogP contribution in [-0.4, -0.2) is 138 Å². The Morgan fingerprint density at radius 2 is 0.459 bits per heavy atom. The fraction of sp³-hybridized carbons (Fsp3) is 0.871. The van der Waals surface area contributed by atoms with Crippen LogP contribution in [0.2, 0.25) is 0 Å². The monoisotopic (exact) mass is 1380 g/mol. The highest BCUT2D eigenvalue weighted by atomic mass is 16.3. The summed E-state index contributed by atoms with van der Waals surface area (Å²) in [5, 5.41) is 22.7. The largest absolute Gasteiger partial charge is 0.395 e. The molecule has 0 spiro atoms. The third-order valence-electron chi connectivity index (χ3n) is 19.8. The lowest BCUT2D eigenvalue weighted by molar-refractivity contribution is -0.146. The molecule has 13 heteroatoms. The van der Waals surface area contributed by atoms with Crippen LogP contribution in [0.5, 0.6) is 0 Å². The SMILES string of the molecule is CCCCCCC/C=C\CCCCCCCCCN(CC(=O)N(CCCCCCCC/C=C\CCCCCCCC)CC(=O)N(CCCCCCCCCCCCCCCCCC)CC(=O)N(CCCCCCCC/C=C\CCCCCCCC)CC(N)=O)C(=O)CNC(CO)CO. The van der Waals surface area contributed by atoms with Crippen LogP contribution in [0.4, 0.5) is 0 Å². The number of allylic oxidation sites excluding steroid dienone is 6. The third kappa shape index (κ3) is 64.5. The highest BCUT2D eigenvalue weighted by Gasteiger charge is 2.28. The standard InChI is InChI=1S/C85H162N6O7/c1-5-9-13-17-21-25-29-33-37-41-45-49-53-57-61-65-69-88(74-81(86)94)83(96)76-90(71-67-63-59-55-51-47-43-39-35-31-27-23-19-15-11-7-3)85(98)77-91(72-68-64-60-56-52-48-44-40-36-32-28-24-20-16-12-8-4)84(97)75-89(82(95)73-87-80(78-92)79-93)70-66-62-58-54-50-46-42-38-34-30-26-22-18-14-10-6-2/h30,33-34,36-37,40,80,87,92-93H,5-29,31-32,35,38-39,41-79H2,1-4H3,(H2,86,94)/b34-30-,37-33-,40-36-. The zero-order valence-electron chi connectivity index (χ0n) is 65.1. The Labute approximate surface area is 606 Å². The molecular formula is C85H162N6O7. The number of carbonyl (C=O) groups is 5. The van der Waals surface area contributed by atoms with E-state index in [9.17, 15) is 34.2 Å². The van der Waals surface area contributed by atoms with Crippen LogP contribution in [0.15, 0.2) is 36.5 Å². The Kier molecular flexibility index (Phi) is 73.3. The van der Waals surface area contributed by atoms with Crippen LogP contribution >= 0.6 is 0 Å². The average molecular weight is 1380 g/mol.